The van der Waals surface area contributed by atoms with Crippen molar-refractivity contribution in [1.82, 2.24) is 0 Å². The minimum atomic E-state index is 0. The summed E-state index contributed by atoms with van der Waals surface area (Å²) in [6, 6.07) is 30.3. The minimum absolute atomic E-state index is 0. The number of fused-ring (bicyclic) bond motifs is 6. The Morgan fingerprint density at radius 1 is 0.470 bits per heavy atom. The smallest absolute Gasteiger partial charge is 0.147 e. The zero-order chi connectivity index (χ0) is 48.2. The molecule has 0 aliphatic heterocycles. The topological polar surface area (TPSA) is 0 Å². The summed E-state index contributed by atoms with van der Waals surface area (Å²) in [6.45, 7) is 40.8. The summed E-state index contributed by atoms with van der Waals surface area (Å²) in [6.07, 6.45) is 21.4. The summed E-state index contributed by atoms with van der Waals surface area (Å²) in [5, 5.41) is 0. The molecule has 8 rings (SSSR count). The molecule has 4 aromatic rings. The maximum atomic E-state index is 3.67. The molecule has 0 N–H and O–H groups in total. The van der Waals surface area contributed by atoms with Crippen LogP contribution in [-0.4, -0.2) is 11.0 Å². The van der Waals surface area contributed by atoms with E-state index in [1.54, 1.807) is 0 Å². The Morgan fingerprint density at radius 3 is 1.00 bits per heavy atom. The van der Waals surface area contributed by atoms with Crippen LogP contribution >= 0.6 is 24.8 Å². The van der Waals surface area contributed by atoms with E-state index in [4.69, 9.17) is 0 Å². The Hall–Kier alpha value is -1.41. The maximum absolute atomic E-state index is 3.67. The van der Waals surface area contributed by atoms with E-state index >= 15 is 0 Å². The monoisotopic (exact) mass is 1290 g/mol. The molecule has 0 amide bonds. The van der Waals surface area contributed by atoms with Crippen LogP contribution in [0.15, 0.2) is 96.1 Å². The molecule has 4 aliphatic rings. The van der Waals surface area contributed by atoms with Crippen LogP contribution in [0.5, 0.6) is 0 Å². The standard InChI is InChI=1S/2C21H25.2C7H9.2C2H6Si.2ClH.2Hf/c2*1-20(2,3)16-7-9-18-14(12-16)11-15-13-17(21(4,5)6)8-10-19(15)18;2*1-2-7-5-3-4-6-7;2*1-3-2;;;;/h2*7-10,12H,11H2,1-6H3;2*3,5H,2,4H2,1H3;2*1-2H3;2*1H;;/q4*-1;;;;;2*+2. The van der Waals surface area contributed by atoms with Crippen molar-refractivity contribution in [1.29, 1.82) is 0 Å². The van der Waals surface area contributed by atoms with E-state index < -0.39 is 0 Å². The second-order valence-corrected chi connectivity index (χ2v) is 47.5. The summed E-state index contributed by atoms with van der Waals surface area (Å²) in [5.74, 6) is 0. The maximum Gasteiger partial charge on any atom is -0.147 e. The average Bonchev–Trinajstić information content (AvgIpc) is 4.02. The van der Waals surface area contributed by atoms with Gasteiger partial charge in [0.05, 0.1) is 0 Å². The Balaban J connectivity index is 0.000000448. The number of allylic oxidation sites excluding steroid dienone is 8. The second kappa shape index (κ2) is 27.8. The first-order chi connectivity index (χ1) is 29.6. The molecule has 6 heteroatoms. The Morgan fingerprint density at radius 2 is 0.773 bits per heavy atom. The minimum Gasteiger partial charge on any atom is -0.147 e. The van der Waals surface area contributed by atoms with E-state index in [0.29, 0.717) is 0 Å². The van der Waals surface area contributed by atoms with Crippen LogP contribution in [0, 0.1) is 24.3 Å². The molecule has 0 aromatic heterocycles. The zero-order valence-electron chi connectivity index (χ0n) is 44.1. The van der Waals surface area contributed by atoms with Gasteiger partial charge in [-0.05, 0) is 56.8 Å². The van der Waals surface area contributed by atoms with Gasteiger partial charge in [0, 0.05) is 0 Å². The molecule has 0 radical (unpaired) electrons. The summed E-state index contributed by atoms with van der Waals surface area (Å²) >= 11 is 2.90. The Bertz CT molecular complexity index is 2070. The summed E-state index contributed by atoms with van der Waals surface area (Å²) in [4.78, 5) is 0. The van der Waals surface area contributed by atoms with E-state index in [1.165, 1.54) is 124 Å². The first kappa shape index (κ1) is 62.6. The van der Waals surface area contributed by atoms with Gasteiger partial charge in [0.15, 0.2) is 0 Å². The van der Waals surface area contributed by atoms with Crippen LogP contribution in [-0.2, 0) is 80.5 Å². The predicted octanol–water partition coefficient (Wildman–Crippen LogP) is 17.9. The molecular weight excluding hydrogens is 1200 g/mol. The van der Waals surface area contributed by atoms with Gasteiger partial charge in [0.2, 0.25) is 0 Å². The predicted molar refractivity (Wildman–Crippen MR) is 293 cm³/mol. The molecule has 0 nitrogen and oxygen atoms in total. The van der Waals surface area contributed by atoms with Gasteiger partial charge in [-0.15, -0.1) is 59.9 Å². The molecule has 66 heavy (non-hydrogen) atoms. The van der Waals surface area contributed by atoms with E-state index in [-0.39, 0.29) is 57.5 Å². The molecule has 0 fully saturated rings. The van der Waals surface area contributed by atoms with Crippen molar-refractivity contribution in [3.63, 3.8) is 0 Å². The van der Waals surface area contributed by atoms with Crippen molar-refractivity contribution in [3.8, 4) is 22.3 Å². The fourth-order valence-corrected chi connectivity index (χ4v) is 7.44. The number of rotatable bonds is 2. The SMILES string of the molecule is CC(C)(C)c1[c-]c2c(cc1)-c1ccc(C(C)(C)C)cc1C2.CC(C)(C)c1[c-]c2c(cc1)-c1ccc(C(C)(C)C)cc1C2.CCC1=[C-]CC=C1.CCC1=[C-]CC=C1.C[Si](C)=[Hf+2].C[Si](C)=[Hf+2].Cl.Cl. The first-order valence-corrected chi connectivity index (χ1v) is 39.4. The molecule has 0 bridgehead atoms. The second-order valence-electron chi connectivity index (χ2n) is 22.0. The van der Waals surface area contributed by atoms with Gasteiger partial charge in [-0.3, -0.25) is 12.2 Å². The van der Waals surface area contributed by atoms with E-state index in [1.807, 2.05) is 0 Å². The molecule has 352 valence electrons. The number of halogens is 2. The van der Waals surface area contributed by atoms with Crippen molar-refractivity contribution < 1.29 is 46.0 Å². The van der Waals surface area contributed by atoms with Crippen molar-refractivity contribution in [2.75, 3.05) is 0 Å². The van der Waals surface area contributed by atoms with Crippen LogP contribution in [0.25, 0.3) is 22.3 Å². The molecule has 4 aliphatic carbocycles. The van der Waals surface area contributed by atoms with Crippen molar-refractivity contribution in [2.24, 2.45) is 0 Å². The molecule has 0 atom stereocenters. The molecule has 0 spiro atoms. The van der Waals surface area contributed by atoms with Crippen molar-refractivity contribution >= 4 is 35.8 Å². The fourth-order valence-electron chi connectivity index (χ4n) is 7.44. The van der Waals surface area contributed by atoms with Crippen LogP contribution in [0.4, 0.5) is 0 Å². The molecule has 0 saturated carbocycles. The normalized spacial score (nSPS) is 13.5. The van der Waals surface area contributed by atoms with E-state index in [9.17, 15) is 0 Å². The van der Waals surface area contributed by atoms with E-state index in [0.717, 1.165) is 38.5 Å². The van der Waals surface area contributed by atoms with Gasteiger partial charge in [-0.1, -0.05) is 157 Å². The summed E-state index contributed by atoms with van der Waals surface area (Å²) < 4.78 is 0. The fraction of sp³-hybridized carbons (Fsp3) is 0.467. The van der Waals surface area contributed by atoms with Gasteiger partial charge >= 0.3 is 83.2 Å². The van der Waals surface area contributed by atoms with Crippen molar-refractivity contribution in [2.45, 2.75) is 183 Å². The van der Waals surface area contributed by atoms with Crippen LogP contribution in [0.1, 0.15) is 167 Å². The van der Waals surface area contributed by atoms with Gasteiger partial charge in [0.1, 0.15) is 0 Å². The Labute approximate surface area is 448 Å². The van der Waals surface area contributed by atoms with Crippen molar-refractivity contribution in [3.05, 3.63) is 165 Å². The van der Waals surface area contributed by atoms with Crippen LogP contribution < -0.4 is 0 Å². The number of hydrogen-bond acceptors (Lipinski definition) is 0. The molecule has 0 saturated heterocycles. The van der Waals surface area contributed by atoms with Gasteiger partial charge in [-0.2, -0.15) is 59.7 Å². The number of benzene rings is 4. The third-order valence-electron chi connectivity index (χ3n) is 11.2. The van der Waals surface area contributed by atoms with Gasteiger partial charge < -0.3 is 0 Å². The average molecular weight is 1290 g/mol. The third kappa shape index (κ3) is 20.1. The Kier molecular flexibility index (Phi) is 26.4. The summed E-state index contributed by atoms with van der Waals surface area (Å²) in [7, 11) is 0. The van der Waals surface area contributed by atoms with Gasteiger partial charge in [-0.25, -0.2) is 23.3 Å². The molecule has 4 aromatic carbocycles. The molecule has 0 heterocycles. The van der Waals surface area contributed by atoms with Crippen LogP contribution in [0.3, 0.4) is 0 Å². The summed E-state index contributed by atoms with van der Waals surface area (Å²) in [5.41, 5.74) is 20.7. The van der Waals surface area contributed by atoms with Gasteiger partial charge in [0.25, 0.3) is 0 Å². The molecule has 0 unspecified atom stereocenters. The van der Waals surface area contributed by atoms with E-state index in [2.05, 4.69) is 232 Å². The number of hydrogen-bond donors (Lipinski definition) is 0. The first-order valence-electron chi connectivity index (χ1n) is 23.6. The largest absolute Gasteiger partial charge is 0.147 e. The van der Waals surface area contributed by atoms with Crippen LogP contribution in [0.2, 0.25) is 26.2 Å². The quantitative estimate of drug-likeness (QED) is 0.120. The molecular formula is C60H82Cl2Hf2Si2. The third-order valence-corrected chi connectivity index (χ3v) is 11.2. The zero-order valence-corrected chi connectivity index (χ0v) is 55.0.